The topological polar surface area (TPSA) is 62.2 Å². The van der Waals surface area contributed by atoms with Crippen molar-refractivity contribution in [3.63, 3.8) is 0 Å². The van der Waals surface area contributed by atoms with Gasteiger partial charge in [0.2, 0.25) is 0 Å². The van der Waals surface area contributed by atoms with Gasteiger partial charge >= 0.3 is 5.97 Å². The van der Waals surface area contributed by atoms with Crippen molar-refractivity contribution in [3.8, 4) is 11.5 Å². The van der Waals surface area contributed by atoms with Gasteiger partial charge in [-0.25, -0.2) is 4.79 Å². The van der Waals surface area contributed by atoms with Crippen LogP contribution in [0.15, 0.2) is 42.5 Å². The predicted molar refractivity (Wildman–Crippen MR) is 125 cm³/mol. The summed E-state index contributed by atoms with van der Waals surface area (Å²) in [5, 5.41) is 9.80. The Balaban J connectivity index is 0.00000171. The van der Waals surface area contributed by atoms with Gasteiger partial charge in [-0.1, -0.05) is 36.4 Å². The van der Waals surface area contributed by atoms with Crippen molar-refractivity contribution in [2.75, 3.05) is 40.9 Å². The van der Waals surface area contributed by atoms with Crippen LogP contribution in [0.1, 0.15) is 27.5 Å². The maximum atomic E-state index is 12.0. The largest absolute Gasteiger partial charge is 0.493 e. The Hall–Kier alpha value is -1.99. The fraction of sp³-hybridized carbons (Fsp3) is 0.435. The van der Waals surface area contributed by atoms with Crippen LogP contribution in [0.2, 0.25) is 0 Å². The van der Waals surface area contributed by atoms with Gasteiger partial charge in [-0.3, -0.25) is 9.80 Å². The zero-order valence-corrected chi connectivity index (χ0v) is 19.6. The third-order valence-corrected chi connectivity index (χ3v) is 6.35. The summed E-state index contributed by atoms with van der Waals surface area (Å²) in [6.45, 7) is 3.60. The highest BCUT2D eigenvalue weighted by Crippen LogP contribution is 2.44. The van der Waals surface area contributed by atoms with Crippen LogP contribution in [0.5, 0.6) is 11.5 Å². The summed E-state index contributed by atoms with van der Waals surface area (Å²) in [6.07, 6.45) is 0. The van der Waals surface area contributed by atoms with E-state index in [0.717, 1.165) is 25.2 Å². The molecule has 31 heavy (non-hydrogen) atoms. The number of fused-ring (bicyclic) bond motifs is 1. The summed E-state index contributed by atoms with van der Waals surface area (Å²) in [6, 6.07) is 14.7. The lowest BCUT2D eigenvalue weighted by Gasteiger charge is -2.27. The molecule has 0 unspecified atom stereocenters. The molecular weight excluding hydrogens is 439 g/mol. The molecule has 2 heterocycles. The minimum Gasteiger partial charge on any atom is -0.493 e. The summed E-state index contributed by atoms with van der Waals surface area (Å²) in [5.41, 5.74) is 2.32. The molecule has 0 aliphatic carbocycles. The fourth-order valence-electron chi connectivity index (χ4n) is 5.21. The van der Waals surface area contributed by atoms with Crippen molar-refractivity contribution in [1.82, 2.24) is 9.80 Å². The zero-order chi connectivity index (χ0) is 20.5. The van der Waals surface area contributed by atoms with E-state index in [1.54, 1.807) is 6.07 Å². The SMILES string of the molecule is COc1ccc(CN2C[C@@H]3CN(C)[C@@H](c4ccccc4)[C@@H]3C2)c(C(=O)O)c1OC.Cl.Cl. The molecule has 0 spiro atoms. The third-order valence-electron chi connectivity index (χ3n) is 6.35. The molecule has 170 valence electrons. The number of ether oxygens (including phenoxy) is 2. The maximum Gasteiger partial charge on any atom is 0.339 e. The molecule has 6 nitrogen and oxygen atoms in total. The maximum absolute atomic E-state index is 12.0. The van der Waals surface area contributed by atoms with E-state index in [2.05, 4.69) is 47.2 Å². The first-order valence-corrected chi connectivity index (χ1v) is 9.98. The summed E-state index contributed by atoms with van der Waals surface area (Å²) >= 11 is 0. The van der Waals surface area contributed by atoms with E-state index in [1.807, 2.05) is 6.07 Å². The standard InChI is InChI=1S/C23H28N2O4.2ClH/c1-24-11-17-13-25(14-18(17)21(24)15-7-5-4-6-8-15)12-16-9-10-19(28-2)22(29-3)20(16)23(26)27;;/h4-10,17-18,21H,11-14H2,1-3H3,(H,26,27);2*1H/t17-,18+,21-;;/m0../s1. The second-order valence-electron chi connectivity index (χ2n) is 8.05. The molecule has 0 radical (unpaired) electrons. The second-order valence-corrected chi connectivity index (χ2v) is 8.05. The lowest BCUT2D eigenvalue weighted by Crippen LogP contribution is -2.29. The molecule has 2 aliphatic rings. The summed E-state index contributed by atoms with van der Waals surface area (Å²) in [5.74, 6) is 0.892. The number of hydrogen-bond donors (Lipinski definition) is 1. The molecule has 0 amide bonds. The number of halogens is 2. The van der Waals surface area contributed by atoms with E-state index in [9.17, 15) is 9.90 Å². The molecular formula is C23H30Cl2N2O4. The highest BCUT2D eigenvalue weighted by molar-refractivity contribution is 5.93. The van der Waals surface area contributed by atoms with E-state index in [0.29, 0.717) is 35.9 Å². The van der Waals surface area contributed by atoms with Crippen molar-refractivity contribution >= 4 is 30.8 Å². The minimum absolute atomic E-state index is 0. The number of rotatable bonds is 6. The van der Waals surface area contributed by atoms with Crippen LogP contribution >= 0.6 is 24.8 Å². The fourth-order valence-corrected chi connectivity index (χ4v) is 5.21. The first kappa shape index (κ1) is 25.3. The number of carboxylic acids is 1. The Morgan fingerprint density at radius 2 is 1.74 bits per heavy atom. The summed E-state index contributed by atoms with van der Waals surface area (Å²) in [7, 11) is 5.21. The van der Waals surface area contributed by atoms with Gasteiger partial charge in [-0.05, 0) is 36.1 Å². The number of benzene rings is 2. The third kappa shape index (κ3) is 4.77. The van der Waals surface area contributed by atoms with Crippen LogP contribution in [-0.2, 0) is 6.54 Å². The van der Waals surface area contributed by atoms with Crippen LogP contribution in [0.4, 0.5) is 0 Å². The molecule has 2 aliphatic heterocycles. The molecule has 8 heteroatoms. The second kappa shape index (κ2) is 10.6. The van der Waals surface area contributed by atoms with Crippen molar-refractivity contribution in [3.05, 3.63) is 59.2 Å². The van der Waals surface area contributed by atoms with E-state index >= 15 is 0 Å². The van der Waals surface area contributed by atoms with E-state index in [4.69, 9.17) is 9.47 Å². The zero-order valence-electron chi connectivity index (χ0n) is 18.0. The molecule has 2 saturated heterocycles. The van der Waals surface area contributed by atoms with Crippen LogP contribution in [-0.4, -0.2) is 61.8 Å². The smallest absolute Gasteiger partial charge is 0.339 e. The molecule has 0 saturated carbocycles. The molecule has 3 atom stereocenters. The van der Waals surface area contributed by atoms with Crippen LogP contribution < -0.4 is 9.47 Å². The average molecular weight is 469 g/mol. The summed E-state index contributed by atoms with van der Waals surface area (Å²) < 4.78 is 10.6. The summed E-state index contributed by atoms with van der Waals surface area (Å²) in [4.78, 5) is 16.8. The number of carboxylic acid groups (broad SMARTS) is 1. The number of methoxy groups -OCH3 is 2. The first-order valence-electron chi connectivity index (χ1n) is 9.98. The van der Waals surface area contributed by atoms with Gasteiger partial charge in [0, 0.05) is 32.2 Å². The molecule has 4 rings (SSSR count). The quantitative estimate of drug-likeness (QED) is 0.691. The first-order chi connectivity index (χ1) is 14.0. The number of likely N-dealkylation sites (tertiary alicyclic amines) is 2. The number of nitrogens with zero attached hydrogens (tertiary/aromatic N) is 2. The normalized spacial score (nSPS) is 22.9. The van der Waals surface area contributed by atoms with E-state index in [-0.39, 0.29) is 30.4 Å². The molecule has 0 aromatic heterocycles. The molecule has 2 aromatic rings. The minimum atomic E-state index is -0.989. The molecule has 2 fully saturated rings. The molecule has 0 bridgehead atoms. The Labute approximate surface area is 195 Å². The van der Waals surface area contributed by atoms with Gasteiger partial charge in [-0.15, -0.1) is 24.8 Å². The van der Waals surface area contributed by atoms with E-state index in [1.165, 1.54) is 19.8 Å². The monoisotopic (exact) mass is 468 g/mol. The van der Waals surface area contributed by atoms with Crippen molar-refractivity contribution in [2.45, 2.75) is 12.6 Å². The number of carbonyl (C=O) groups is 1. The Bertz CT molecular complexity index is 897. The lowest BCUT2D eigenvalue weighted by molar-refractivity contribution is 0.0690. The van der Waals surface area contributed by atoms with Gasteiger partial charge in [-0.2, -0.15) is 0 Å². The van der Waals surface area contributed by atoms with Crippen LogP contribution in [0.25, 0.3) is 0 Å². The number of hydrogen-bond acceptors (Lipinski definition) is 5. The average Bonchev–Trinajstić information content (AvgIpc) is 3.23. The van der Waals surface area contributed by atoms with Gasteiger partial charge in [0.15, 0.2) is 11.5 Å². The Morgan fingerprint density at radius 3 is 2.35 bits per heavy atom. The predicted octanol–water partition coefficient (Wildman–Crippen LogP) is 3.98. The number of aromatic carboxylic acids is 1. The Morgan fingerprint density at radius 1 is 1.03 bits per heavy atom. The van der Waals surface area contributed by atoms with Gasteiger partial charge in [0.05, 0.1) is 14.2 Å². The van der Waals surface area contributed by atoms with Gasteiger partial charge in [0.1, 0.15) is 5.56 Å². The van der Waals surface area contributed by atoms with Gasteiger partial charge in [0.25, 0.3) is 0 Å². The molecule has 2 aromatic carbocycles. The van der Waals surface area contributed by atoms with Crippen molar-refractivity contribution in [1.29, 1.82) is 0 Å². The van der Waals surface area contributed by atoms with Crippen molar-refractivity contribution in [2.24, 2.45) is 11.8 Å². The van der Waals surface area contributed by atoms with Crippen molar-refractivity contribution < 1.29 is 19.4 Å². The highest BCUT2D eigenvalue weighted by Gasteiger charge is 2.46. The lowest BCUT2D eigenvalue weighted by atomic mass is 9.90. The van der Waals surface area contributed by atoms with Crippen LogP contribution in [0, 0.1) is 11.8 Å². The van der Waals surface area contributed by atoms with Gasteiger partial charge < -0.3 is 14.6 Å². The highest BCUT2D eigenvalue weighted by atomic mass is 35.5. The molecule has 1 N–H and O–H groups in total. The Kier molecular flexibility index (Phi) is 8.60. The van der Waals surface area contributed by atoms with Crippen LogP contribution in [0.3, 0.4) is 0 Å². The van der Waals surface area contributed by atoms with E-state index < -0.39 is 5.97 Å².